The van der Waals surface area contributed by atoms with Gasteiger partial charge in [0.05, 0.1) is 0 Å². The summed E-state index contributed by atoms with van der Waals surface area (Å²) < 4.78 is 0. The first-order valence-electron chi connectivity index (χ1n) is 5.13. The fourth-order valence-corrected chi connectivity index (χ4v) is 3.04. The van der Waals surface area contributed by atoms with Crippen molar-refractivity contribution in [1.29, 1.82) is 0 Å². The molecule has 0 radical (unpaired) electrons. The molecule has 1 atom stereocenters. The molecule has 1 aliphatic rings. The van der Waals surface area contributed by atoms with Gasteiger partial charge in [0.15, 0.2) is 5.12 Å². The lowest BCUT2D eigenvalue weighted by Crippen LogP contribution is -2.26. The number of nitrogens with zero attached hydrogens (tertiary/aromatic N) is 3. The number of thioether (sulfide) groups is 1. The van der Waals surface area contributed by atoms with E-state index in [0.29, 0.717) is 18.8 Å². The van der Waals surface area contributed by atoms with Crippen LogP contribution in [-0.2, 0) is 9.59 Å². The van der Waals surface area contributed by atoms with E-state index in [9.17, 15) is 9.59 Å². The number of aromatic nitrogens is 2. The maximum atomic E-state index is 11.8. The molecule has 1 aromatic rings. The number of hydrogen-bond donors (Lipinski definition) is 0. The summed E-state index contributed by atoms with van der Waals surface area (Å²) in [4.78, 5) is 32.0. The Morgan fingerprint density at radius 3 is 2.83 bits per heavy atom. The maximum absolute atomic E-state index is 11.8. The Labute approximate surface area is 118 Å². The summed E-state index contributed by atoms with van der Waals surface area (Å²) >= 11 is 12.6. The van der Waals surface area contributed by atoms with Gasteiger partial charge < -0.3 is 0 Å². The fourth-order valence-electron chi connectivity index (χ4n) is 1.73. The molecule has 0 saturated carbocycles. The Morgan fingerprint density at radius 1 is 1.50 bits per heavy atom. The van der Waals surface area contributed by atoms with E-state index < -0.39 is 0 Å². The van der Waals surface area contributed by atoms with Gasteiger partial charge >= 0.3 is 0 Å². The van der Waals surface area contributed by atoms with E-state index in [1.165, 1.54) is 17.9 Å². The molecule has 1 fully saturated rings. The molecule has 1 amide bonds. The standard InChI is InChI=1S/C10H9Cl2N3O2S/c1-5(16)18-6-2-9(17)15(4-6)8-3-7(11)13-10(12)14-8/h3,6H,2,4H2,1H3. The van der Waals surface area contributed by atoms with Gasteiger partial charge in [0.25, 0.3) is 0 Å². The average Bonchev–Trinajstić information content (AvgIpc) is 2.56. The highest BCUT2D eigenvalue weighted by atomic mass is 35.5. The monoisotopic (exact) mass is 305 g/mol. The number of carbonyl (C=O) groups excluding carboxylic acids is 2. The van der Waals surface area contributed by atoms with Crippen LogP contribution in [0.5, 0.6) is 0 Å². The Balaban J connectivity index is 2.18. The highest BCUT2D eigenvalue weighted by Crippen LogP contribution is 2.28. The fraction of sp³-hybridized carbons (Fsp3) is 0.400. The van der Waals surface area contributed by atoms with Crippen LogP contribution in [0.15, 0.2) is 6.07 Å². The third-order valence-corrected chi connectivity index (χ3v) is 3.70. The van der Waals surface area contributed by atoms with Crippen molar-refractivity contribution in [2.45, 2.75) is 18.6 Å². The SMILES string of the molecule is CC(=O)SC1CC(=O)N(c2cc(Cl)nc(Cl)n2)C1. The van der Waals surface area contributed by atoms with Gasteiger partial charge in [-0.2, -0.15) is 0 Å². The first-order chi connectivity index (χ1) is 8.45. The van der Waals surface area contributed by atoms with Crippen molar-refractivity contribution >= 4 is 51.8 Å². The molecule has 1 aliphatic heterocycles. The summed E-state index contributed by atoms with van der Waals surface area (Å²) in [5.41, 5.74) is 0. The summed E-state index contributed by atoms with van der Waals surface area (Å²) in [7, 11) is 0. The summed E-state index contributed by atoms with van der Waals surface area (Å²) in [6.45, 7) is 1.91. The van der Waals surface area contributed by atoms with E-state index >= 15 is 0 Å². The van der Waals surface area contributed by atoms with Crippen molar-refractivity contribution in [3.63, 3.8) is 0 Å². The molecule has 0 N–H and O–H groups in total. The van der Waals surface area contributed by atoms with Crippen LogP contribution in [0, 0.1) is 0 Å². The summed E-state index contributed by atoms with van der Waals surface area (Å²) in [5, 5.41) is 0.115. The molecule has 2 heterocycles. The Bertz CT molecular complexity index is 492. The molecule has 2 rings (SSSR count). The van der Waals surface area contributed by atoms with Gasteiger partial charge in [0, 0.05) is 31.2 Å². The molecule has 0 aromatic carbocycles. The largest absolute Gasteiger partial charge is 0.295 e. The summed E-state index contributed by atoms with van der Waals surface area (Å²) in [6.07, 6.45) is 0.309. The third-order valence-electron chi connectivity index (χ3n) is 2.35. The maximum Gasteiger partial charge on any atom is 0.229 e. The van der Waals surface area contributed by atoms with E-state index in [-0.39, 0.29) is 26.7 Å². The Morgan fingerprint density at radius 2 is 2.22 bits per heavy atom. The van der Waals surface area contributed by atoms with Gasteiger partial charge in [-0.25, -0.2) is 9.97 Å². The lowest BCUT2D eigenvalue weighted by molar-refractivity contribution is -0.117. The third kappa shape index (κ3) is 3.13. The minimum absolute atomic E-state index is 0.00611. The predicted molar refractivity (Wildman–Crippen MR) is 71.1 cm³/mol. The number of halogens is 2. The van der Waals surface area contributed by atoms with E-state index in [2.05, 4.69) is 9.97 Å². The average molecular weight is 306 g/mol. The second kappa shape index (κ2) is 5.42. The topological polar surface area (TPSA) is 63.2 Å². The number of amides is 1. The van der Waals surface area contributed by atoms with Crippen LogP contribution in [0.4, 0.5) is 5.82 Å². The van der Waals surface area contributed by atoms with Crippen LogP contribution >= 0.6 is 35.0 Å². The molecule has 0 aliphatic carbocycles. The van der Waals surface area contributed by atoms with Crippen molar-refractivity contribution in [1.82, 2.24) is 9.97 Å². The first-order valence-corrected chi connectivity index (χ1v) is 6.77. The van der Waals surface area contributed by atoms with Crippen LogP contribution in [-0.4, -0.2) is 32.8 Å². The lowest BCUT2D eigenvalue weighted by Gasteiger charge is -2.15. The molecule has 0 bridgehead atoms. The summed E-state index contributed by atoms with van der Waals surface area (Å²) in [5.74, 6) is 0.274. The van der Waals surface area contributed by atoms with Crippen LogP contribution in [0.2, 0.25) is 10.4 Å². The van der Waals surface area contributed by atoms with E-state index in [4.69, 9.17) is 23.2 Å². The molecule has 96 valence electrons. The van der Waals surface area contributed by atoms with Crippen LogP contribution < -0.4 is 4.90 Å². The van der Waals surface area contributed by atoms with Gasteiger partial charge in [0.2, 0.25) is 11.2 Å². The molecule has 0 spiro atoms. The predicted octanol–water partition coefficient (Wildman–Crippen LogP) is 2.17. The zero-order valence-corrected chi connectivity index (χ0v) is 11.7. The van der Waals surface area contributed by atoms with Crippen LogP contribution in [0.3, 0.4) is 0 Å². The van der Waals surface area contributed by atoms with E-state index in [1.807, 2.05) is 0 Å². The zero-order valence-electron chi connectivity index (χ0n) is 9.39. The lowest BCUT2D eigenvalue weighted by atomic mass is 10.4. The van der Waals surface area contributed by atoms with Crippen LogP contribution in [0.1, 0.15) is 13.3 Å². The molecule has 8 heteroatoms. The number of carbonyl (C=O) groups is 2. The molecule has 1 saturated heterocycles. The van der Waals surface area contributed by atoms with Gasteiger partial charge in [-0.15, -0.1) is 0 Å². The highest BCUT2D eigenvalue weighted by Gasteiger charge is 2.32. The number of hydrogen-bond acceptors (Lipinski definition) is 5. The number of anilines is 1. The first kappa shape index (κ1) is 13.6. The second-order valence-corrected chi connectivity index (χ2v) is 5.96. The normalized spacial score (nSPS) is 19.4. The van der Waals surface area contributed by atoms with Gasteiger partial charge in [0.1, 0.15) is 11.0 Å². The quantitative estimate of drug-likeness (QED) is 0.619. The van der Waals surface area contributed by atoms with Crippen molar-refractivity contribution < 1.29 is 9.59 Å². The van der Waals surface area contributed by atoms with Crippen molar-refractivity contribution in [3.8, 4) is 0 Å². The number of rotatable bonds is 2. The van der Waals surface area contributed by atoms with Gasteiger partial charge in [-0.05, 0) is 11.6 Å². The van der Waals surface area contributed by atoms with Gasteiger partial charge in [-0.3, -0.25) is 14.5 Å². The second-order valence-electron chi connectivity index (χ2n) is 3.76. The zero-order chi connectivity index (χ0) is 13.3. The Hall–Kier alpha value is -0.850. The minimum Gasteiger partial charge on any atom is -0.295 e. The molecule has 1 unspecified atom stereocenters. The molecule has 1 aromatic heterocycles. The minimum atomic E-state index is -0.0976. The summed E-state index contributed by atoms with van der Waals surface area (Å²) in [6, 6.07) is 1.48. The van der Waals surface area contributed by atoms with Crippen molar-refractivity contribution in [2.24, 2.45) is 0 Å². The molecule has 18 heavy (non-hydrogen) atoms. The smallest absolute Gasteiger partial charge is 0.229 e. The van der Waals surface area contributed by atoms with E-state index in [1.54, 1.807) is 0 Å². The molecule has 5 nitrogen and oxygen atoms in total. The van der Waals surface area contributed by atoms with Crippen molar-refractivity contribution in [3.05, 3.63) is 16.5 Å². The molecular weight excluding hydrogens is 297 g/mol. The molecular formula is C10H9Cl2N3O2S. The highest BCUT2D eigenvalue weighted by molar-refractivity contribution is 8.14. The van der Waals surface area contributed by atoms with Crippen molar-refractivity contribution in [2.75, 3.05) is 11.4 Å². The Kier molecular flexibility index (Phi) is 4.09. The van der Waals surface area contributed by atoms with Gasteiger partial charge in [-0.1, -0.05) is 23.4 Å². The van der Waals surface area contributed by atoms with Crippen LogP contribution in [0.25, 0.3) is 0 Å². The van der Waals surface area contributed by atoms with E-state index in [0.717, 1.165) is 11.8 Å².